The van der Waals surface area contributed by atoms with Gasteiger partial charge < -0.3 is 5.32 Å². The highest BCUT2D eigenvalue weighted by atomic mass is 32.2. The van der Waals surface area contributed by atoms with Gasteiger partial charge in [0.25, 0.3) is 0 Å². The van der Waals surface area contributed by atoms with E-state index in [1.165, 1.54) is 78.1 Å². The zero-order valence-corrected chi connectivity index (χ0v) is 14.9. The van der Waals surface area contributed by atoms with Crippen molar-refractivity contribution in [3.63, 3.8) is 0 Å². The number of para-hydroxylation sites is 1. The summed E-state index contributed by atoms with van der Waals surface area (Å²) in [5, 5.41) is 3.58. The Hall–Kier alpha value is -1.41. The molecule has 0 fully saturated rings. The fourth-order valence-electron chi connectivity index (χ4n) is 3.13. The van der Waals surface area contributed by atoms with Gasteiger partial charge in [0.1, 0.15) is 0 Å². The molecular weight excluding hydrogens is 298 g/mol. The molecule has 1 aliphatic rings. The molecule has 0 amide bonds. The van der Waals surface area contributed by atoms with Gasteiger partial charge in [0.05, 0.1) is 11.4 Å². The van der Waals surface area contributed by atoms with E-state index >= 15 is 0 Å². The molecule has 23 heavy (non-hydrogen) atoms. The largest absolute Gasteiger partial charge is 0.354 e. The summed E-state index contributed by atoms with van der Waals surface area (Å²) in [5.74, 6) is 0. The minimum atomic E-state index is 1.20. The van der Waals surface area contributed by atoms with Crippen LogP contribution in [0.5, 0.6) is 0 Å². The summed E-state index contributed by atoms with van der Waals surface area (Å²) in [7, 11) is 0. The van der Waals surface area contributed by atoms with Crippen LogP contribution in [-0.4, -0.2) is 0 Å². The minimum Gasteiger partial charge on any atom is -0.354 e. The van der Waals surface area contributed by atoms with E-state index in [-0.39, 0.29) is 0 Å². The number of nitrogens with one attached hydrogen (secondary N) is 1. The lowest BCUT2D eigenvalue weighted by atomic mass is 10.0. The predicted molar refractivity (Wildman–Crippen MR) is 102 cm³/mol. The summed E-state index contributed by atoms with van der Waals surface area (Å²) >= 11 is 1.87. The Labute approximate surface area is 144 Å². The Bertz CT molecular complexity index is 635. The first kappa shape index (κ1) is 16.4. The maximum atomic E-state index is 3.58. The Morgan fingerprint density at radius 1 is 0.783 bits per heavy atom. The van der Waals surface area contributed by atoms with Crippen LogP contribution < -0.4 is 5.32 Å². The summed E-state index contributed by atoms with van der Waals surface area (Å²) in [4.78, 5) is 2.66. The van der Waals surface area contributed by atoms with E-state index in [4.69, 9.17) is 0 Å². The van der Waals surface area contributed by atoms with Gasteiger partial charge in [-0.25, -0.2) is 0 Å². The second-order valence-electron chi connectivity index (χ2n) is 6.43. The highest BCUT2D eigenvalue weighted by Gasteiger charge is 2.15. The monoisotopic (exact) mass is 325 g/mol. The Balaban J connectivity index is 1.50. The van der Waals surface area contributed by atoms with Crippen LogP contribution in [0.1, 0.15) is 57.4 Å². The Morgan fingerprint density at radius 3 is 2.39 bits per heavy atom. The van der Waals surface area contributed by atoms with E-state index < -0.39 is 0 Å². The molecule has 122 valence electrons. The van der Waals surface area contributed by atoms with Gasteiger partial charge in [0.2, 0.25) is 0 Å². The SMILES string of the molecule is CCCCCCCCCc1ccc2c(c1)Nc1ccccc1S2. The molecule has 0 aliphatic carbocycles. The van der Waals surface area contributed by atoms with Crippen molar-refractivity contribution in [2.45, 2.75) is 68.1 Å². The second kappa shape index (κ2) is 8.44. The quantitative estimate of drug-likeness (QED) is 0.440. The van der Waals surface area contributed by atoms with Gasteiger partial charge in [-0.15, -0.1) is 0 Å². The molecule has 3 rings (SSSR count). The lowest BCUT2D eigenvalue weighted by Crippen LogP contribution is -2.00. The molecule has 2 heteroatoms. The first-order valence-electron chi connectivity index (χ1n) is 9.03. The smallest absolute Gasteiger partial charge is 0.0529 e. The summed E-state index contributed by atoms with van der Waals surface area (Å²) in [5.41, 5.74) is 3.97. The molecule has 2 aromatic rings. The van der Waals surface area contributed by atoms with E-state index in [1.54, 1.807) is 0 Å². The van der Waals surface area contributed by atoms with Crippen LogP contribution >= 0.6 is 11.8 Å². The van der Waals surface area contributed by atoms with Gasteiger partial charge in [0, 0.05) is 9.79 Å². The van der Waals surface area contributed by atoms with Crippen molar-refractivity contribution in [3.8, 4) is 0 Å². The lowest BCUT2D eigenvalue weighted by molar-refractivity contribution is 0.589. The summed E-state index contributed by atoms with van der Waals surface area (Å²) in [6.45, 7) is 2.28. The van der Waals surface area contributed by atoms with Crippen LogP contribution in [0.25, 0.3) is 0 Å². The van der Waals surface area contributed by atoms with Crippen LogP contribution in [0.3, 0.4) is 0 Å². The fourth-order valence-corrected chi connectivity index (χ4v) is 4.10. The van der Waals surface area contributed by atoms with Gasteiger partial charge in [-0.3, -0.25) is 0 Å². The van der Waals surface area contributed by atoms with Gasteiger partial charge in [0.15, 0.2) is 0 Å². The molecule has 1 heterocycles. The molecular formula is C21H27NS. The van der Waals surface area contributed by atoms with E-state index in [2.05, 4.69) is 54.7 Å². The normalized spacial score (nSPS) is 12.4. The van der Waals surface area contributed by atoms with Gasteiger partial charge in [-0.1, -0.05) is 75.4 Å². The van der Waals surface area contributed by atoms with E-state index in [0.717, 1.165) is 0 Å². The number of hydrogen-bond acceptors (Lipinski definition) is 2. The van der Waals surface area contributed by atoms with E-state index in [9.17, 15) is 0 Å². The lowest BCUT2D eigenvalue weighted by Gasteiger charge is -2.21. The Kier molecular flexibility index (Phi) is 6.04. The van der Waals surface area contributed by atoms with Crippen LogP contribution in [-0.2, 0) is 6.42 Å². The third-order valence-corrected chi connectivity index (χ3v) is 5.64. The molecule has 1 nitrogen and oxygen atoms in total. The molecule has 1 aliphatic heterocycles. The number of unbranched alkanes of at least 4 members (excludes halogenated alkanes) is 6. The standard InChI is InChI=1S/C21H27NS/c1-2-3-4-5-6-7-8-11-17-14-15-21-19(16-17)22-18-12-9-10-13-20(18)23-21/h9-10,12-16,22H,2-8,11H2,1H3. The molecule has 0 saturated heterocycles. The number of rotatable bonds is 8. The highest BCUT2D eigenvalue weighted by Crippen LogP contribution is 2.44. The van der Waals surface area contributed by atoms with Crippen molar-refractivity contribution >= 4 is 23.1 Å². The fraction of sp³-hybridized carbons (Fsp3) is 0.429. The van der Waals surface area contributed by atoms with Crippen molar-refractivity contribution in [2.24, 2.45) is 0 Å². The molecule has 2 aromatic carbocycles. The first-order chi connectivity index (χ1) is 11.4. The van der Waals surface area contributed by atoms with E-state index in [1.807, 2.05) is 11.8 Å². The maximum Gasteiger partial charge on any atom is 0.0529 e. The van der Waals surface area contributed by atoms with Crippen LogP contribution in [0, 0.1) is 0 Å². The molecule has 0 spiro atoms. The first-order valence-corrected chi connectivity index (χ1v) is 9.85. The summed E-state index contributed by atoms with van der Waals surface area (Å²) in [6, 6.07) is 15.5. The molecule has 0 bridgehead atoms. The predicted octanol–water partition coefficient (Wildman–Crippen LogP) is 7.19. The number of benzene rings is 2. The zero-order valence-electron chi connectivity index (χ0n) is 14.1. The topological polar surface area (TPSA) is 12.0 Å². The summed E-state index contributed by atoms with van der Waals surface area (Å²) in [6.07, 6.45) is 10.8. The number of anilines is 2. The molecule has 1 N–H and O–H groups in total. The number of fused-ring (bicyclic) bond motifs is 2. The molecule has 0 saturated carbocycles. The van der Waals surface area contributed by atoms with Crippen LogP contribution in [0.4, 0.5) is 11.4 Å². The van der Waals surface area contributed by atoms with Crippen molar-refractivity contribution in [2.75, 3.05) is 5.32 Å². The third-order valence-electron chi connectivity index (χ3n) is 4.49. The molecule has 0 radical (unpaired) electrons. The van der Waals surface area contributed by atoms with Gasteiger partial charge in [-0.05, 0) is 42.7 Å². The Morgan fingerprint density at radius 2 is 1.52 bits per heavy atom. The van der Waals surface area contributed by atoms with Gasteiger partial charge in [-0.2, -0.15) is 0 Å². The average molecular weight is 326 g/mol. The van der Waals surface area contributed by atoms with Gasteiger partial charge >= 0.3 is 0 Å². The zero-order chi connectivity index (χ0) is 15.9. The summed E-state index contributed by atoms with van der Waals surface area (Å²) < 4.78 is 0. The molecule has 0 aromatic heterocycles. The second-order valence-corrected chi connectivity index (χ2v) is 7.51. The van der Waals surface area contributed by atoms with Crippen LogP contribution in [0.2, 0.25) is 0 Å². The van der Waals surface area contributed by atoms with Crippen molar-refractivity contribution < 1.29 is 0 Å². The van der Waals surface area contributed by atoms with Crippen molar-refractivity contribution in [1.82, 2.24) is 0 Å². The van der Waals surface area contributed by atoms with Crippen molar-refractivity contribution in [1.29, 1.82) is 0 Å². The molecule has 0 unspecified atom stereocenters. The molecule has 0 atom stereocenters. The maximum absolute atomic E-state index is 3.58. The minimum absolute atomic E-state index is 1.20. The average Bonchev–Trinajstić information content (AvgIpc) is 2.59. The van der Waals surface area contributed by atoms with Crippen LogP contribution in [0.15, 0.2) is 52.3 Å². The highest BCUT2D eigenvalue weighted by molar-refractivity contribution is 7.99. The van der Waals surface area contributed by atoms with E-state index in [0.29, 0.717) is 0 Å². The van der Waals surface area contributed by atoms with Crippen molar-refractivity contribution in [3.05, 3.63) is 48.0 Å². The third kappa shape index (κ3) is 4.54. The number of aryl methyl sites for hydroxylation is 1. The number of hydrogen-bond donors (Lipinski definition) is 1.